The summed E-state index contributed by atoms with van der Waals surface area (Å²) in [7, 11) is 0. The first-order valence-corrected chi connectivity index (χ1v) is 9.83. The van der Waals surface area contributed by atoms with Crippen LogP contribution >= 0.6 is 46.4 Å². The van der Waals surface area contributed by atoms with Gasteiger partial charge in [0, 0.05) is 24.2 Å². The maximum atomic E-state index is 5.91. The predicted molar refractivity (Wildman–Crippen MR) is 109 cm³/mol. The van der Waals surface area contributed by atoms with E-state index in [-0.39, 0.29) is 12.2 Å². The van der Waals surface area contributed by atoms with Crippen LogP contribution in [0, 0.1) is 0 Å². The number of nitrogens with zero attached hydrogens (tertiary/aromatic N) is 2. The van der Waals surface area contributed by atoms with Crippen LogP contribution in [-0.4, -0.2) is 22.2 Å². The summed E-state index contributed by atoms with van der Waals surface area (Å²) >= 11 is 23.0. The van der Waals surface area contributed by atoms with Gasteiger partial charge in [-0.15, -0.1) is 23.2 Å². The molecule has 0 atom stereocenters. The highest BCUT2D eigenvalue weighted by molar-refractivity contribution is 6.32. The summed E-state index contributed by atoms with van der Waals surface area (Å²) in [5, 5.41) is 1.01. The van der Waals surface area contributed by atoms with Gasteiger partial charge < -0.3 is 9.47 Å². The first-order chi connectivity index (χ1) is 12.3. The number of hydrogen-bond acceptors (Lipinski definition) is 4. The van der Waals surface area contributed by atoms with Gasteiger partial charge in [0.25, 0.3) is 0 Å². The second-order valence-corrected chi connectivity index (χ2v) is 7.21. The van der Waals surface area contributed by atoms with Crippen molar-refractivity contribution in [2.24, 2.45) is 0 Å². The van der Waals surface area contributed by atoms with Crippen LogP contribution in [0.2, 0.25) is 10.0 Å². The van der Waals surface area contributed by atoms with E-state index in [2.05, 4.69) is 9.97 Å². The van der Waals surface area contributed by atoms with Gasteiger partial charge in [-0.1, -0.05) is 23.2 Å². The van der Waals surface area contributed by atoms with E-state index in [1.165, 1.54) is 0 Å². The van der Waals surface area contributed by atoms with E-state index in [9.17, 15) is 0 Å². The minimum atomic E-state index is 0.0758. The molecule has 8 heteroatoms. The molecule has 0 saturated carbocycles. The average molecular weight is 440 g/mol. The number of pyridine rings is 2. The molecule has 0 aromatic carbocycles. The summed E-state index contributed by atoms with van der Waals surface area (Å²) in [6.07, 6.45) is 3.48. The third-order valence-corrected chi connectivity index (χ3v) is 3.89. The summed E-state index contributed by atoms with van der Waals surface area (Å²) in [6.45, 7) is 7.70. The first-order valence-electron chi connectivity index (χ1n) is 8.00. The summed E-state index contributed by atoms with van der Waals surface area (Å²) < 4.78 is 10.7. The maximum absolute atomic E-state index is 5.91. The van der Waals surface area contributed by atoms with Crippen molar-refractivity contribution in [3.63, 3.8) is 0 Å². The van der Waals surface area contributed by atoms with Crippen molar-refractivity contribution >= 4 is 46.4 Å². The van der Waals surface area contributed by atoms with Crippen molar-refractivity contribution in [2.75, 3.05) is 0 Å². The number of rotatable bonds is 6. The molecule has 0 aliphatic rings. The molecule has 0 aliphatic carbocycles. The Morgan fingerprint density at radius 1 is 0.769 bits per heavy atom. The van der Waals surface area contributed by atoms with Crippen LogP contribution in [-0.2, 0) is 11.8 Å². The van der Waals surface area contributed by atoms with E-state index in [1.807, 2.05) is 27.7 Å². The van der Waals surface area contributed by atoms with Crippen molar-refractivity contribution in [3.05, 3.63) is 45.7 Å². The zero-order chi connectivity index (χ0) is 19.7. The van der Waals surface area contributed by atoms with Gasteiger partial charge in [-0.2, -0.15) is 0 Å². The number of alkyl halides is 2. The molecule has 0 N–H and O–H groups in total. The van der Waals surface area contributed by atoms with Crippen LogP contribution in [0.4, 0.5) is 0 Å². The molecule has 26 heavy (non-hydrogen) atoms. The van der Waals surface area contributed by atoms with Gasteiger partial charge in [-0.05, 0) is 51.0 Å². The topological polar surface area (TPSA) is 44.2 Å². The van der Waals surface area contributed by atoms with E-state index in [0.717, 1.165) is 11.1 Å². The molecular formula is C18H22Cl4N2O2. The van der Waals surface area contributed by atoms with Gasteiger partial charge in [0.1, 0.15) is 10.0 Å². The van der Waals surface area contributed by atoms with E-state index >= 15 is 0 Å². The van der Waals surface area contributed by atoms with Crippen molar-refractivity contribution in [1.29, 1.82) is 0 Å². The Morgan fingerprint density at radius 3 is 1.35 bits per heavy atom. The Morgan fingerprint density at radius 2 is 1.12 bits per heavy atom. The average Bonchev–Trinajstić information content (AvgIpc) is 2.58. The standard InChI is InChI=1S/2C9H11Cl2NO/c2*1-6(2)13-9-8(11)3-7(4-10)5-12-9/h2*3,5-6H,4H2,1-2H3. The fourth-order valence-electron chi connectivity index (χ4n) is 1.70. The summed E-state index contributed by atoms with van der Waals surface area (Å²) in [5.74, 6) is 1.75. The highest BCUT2D eigenvalue weighted by Crippen LogP contribution is 2.24. The zero-order valence-electron chi connectivity index (χ0n) is 15.1. The second-order valence-electron chi connectivity index (χ2n) is 5.86. The molecule has 2 heterocycles. The van der Waals surface area contributed by atoms with Crippen LogP contribution in [0.25, 0.3) is 0 Å². The molecule has 0 bridgehead atoms. The molecule has 0 saturated heterocycles. The summed E-state index contributed by atoms with van der Waals surface area (Å²) in [4.78, 5) is 8.10. The molecule has 0 aliphatic heterocycles. The smallest absolute Gasteiger partial charge is 0.232 e. The monoisotopic (exact) mass is 438 g/mol. The van der Waals surface area contributed by atoms with Crippen LogP contribution in [0.1, 0.15) is 38.8 Å². The van der Waals surface area contributed by atoms with Crippen molar-refractivity contribution in [3.8, 4) is 11.8 Å². The molecule has 144 valence electrons. The van der Waals surface area contributed by atoms with Gasteiger partial charge in [0.15, 0.2) is 0 Å². The Kier molecular flexibility index (Phi) is 10.4. The minimum absolute atomic E-state index is 0.0758. The minimum Gasteiger partial charge on any atom is -0.474 e. The number of hydrogen-bond donors (Lipinski definition) is 0. The lowest BCUT2D eigenvalue weighted by atomic mass is 10.3. The lowest BCUT2D eigenvalue weighted by molar-refractivity contribution is 0.232. The molecule has 2 rings (SSSR count). The SMILES string of the molecule is CC(C)Oc1ncc(CCl)cc1Cl.CC(C)Oc1ncc(CCl)cc1Cl. The third kappa shape index (κ3) is 8.17. The van der Waals surface area contributed by atoms with E-state index < -0.39 is 0 Å². The predicted octanol–water partition coefficient (Wildman–Crippen LogP) is 6.52. The number of ether oxygens (including phenoxy) is 2. The van der Waals surface area contributed by atoms with Crippen molar-refractivity contribution in [1.82, 2.24) is 9.97 Å². The van der Waals surface area contributed by atoms with Crippen LogP contribution < -0.4 is 9.47 Å². The fourth-order valence-corrected chi connectivity index (χ4v) is 2.46. The van der Waals surface area contributed by atoms with Crippen LogP contribution in [0.5, 0.6) is 11.8 Å². The maximum Gasteiger partial charge on any atom is 0.232 e. The van der Waals surface area contributed by atoms with Crippen molar-refractivity contribution < 1.29 is 9.47 Å². The van der Waals surface area contributed by atoms with E-state index in [0.29, 0.717) is 33.6 Å². The number of halogens is 4. The van der Waals surface area contributed by atoms with Gasteiger partial charge in [0.05, 0.1) is 12.2 Å². The molecule has 0 spiro atoms. The molecule has 2 aromatic heterocycles. The molecule has 0 unspecified atom stereocenters. The van der Waals surface area contributed by atoms with Crippen molar-refractivity contribution in [2.45, 2.75) is 51.7 Å². The highest BCUT2D eigenvalue weighted by atomic mass is 35.5. The van der Waals surface area contributed by atoms with E-state index in [4.69, 9.17) is 55.9 Å². The summed E-state index contributed by atoms with van der Waals surface area (Å²) in [5.41, 5.74) is 1.78. The molecule has 0 radical (unpaired) electrons. The molecule has 0 fully saturated rings. The lowest BCUT2D eigenvalue weighted by Gasteiger charge is -2.10. The Bertz CT molecular complexity index is 637. The second kappa shape index (κ2) is 11.7. The van der Waals surface area contributed by atoms with Gasteiger partial charge in [0.2, 0.25) is 11.8 Å². The normalized spacial score (nSPS) is 10.5. The van der Waals surface area contributed by atoms with Gasteiger partial charge >= 0.3 is 0 Å². The third-order valence-electron chi connectivity index (χ3n) is 2.73. The van der Waals surface area contributed by atoms with Crippen LogP contribution in [0.3, 0.4) is 0 Å². The summed E-state index contributed by atoms with van der Waals surface area (Å²) in [6, 6.07) is 3.53. The molecular weight excluding hydrogens is 418 g/mol. The van der Waals surface area contributed by atoms with Gasteiger partial charge in [-0.3, -0.25) is 0 Å². The zero-order valence-corrected chi connectivity index (χ0v) is 18.1. The lowest BCUT2D eigenvalue weighted by Crippen LogP contribution is -2.07. The Hall–Kier alpha value is -0.940. The largest absolute Gasteiger partial charge is 0.474 e. The van der Waals surface area contributed by atoms with Crippen LogP contribution in [0.15, 0.2) is 24.5 Å². The Balaban J connectivity index is 0.000000260. The van der Waals surface area contributed by atoms with E-state index in [1.54, 1.807) is 24.5 Å². The van der Waals surface area contributed by atoms with Gasteiger partial charge in [-0.25, -0.2) is 9.97 Å². The quantitative estimate of drug-likeness (QED) is 0.480. The Labute approximate surface area is 174 Å². The highest BCUT2D eigenvalue weighted by Gasteiger charge is 2.06. The molecule has 2 aromatic rings. The fraction of sp³-hybridized carbons (Fsp3) is 0.444. The molecule has 4 nitrogen and oxygen atoms in total. The number of aromatic nitrogens is 2. The first kappa shape index (κ1) is 23.1. The molecule has 0 amide bonds.